The molecule has 196 valence electrons. The molecule has 0 unspecified atom stereocenters. The number of amides is 3. The summed E-state index contributed by atoms with van der Waals surface area (Å²) in [6.45, 7) is 2.84. The van der Waals surface area contributed by atoms with E-state index >= 15 is 0 Å². The Morgan fingerprint density at radius 2 is 1.76 bits per heavy atom. The Morgan fingerprint density at radius 3 is 2.45 bits per heavy atom. The monoisotopic (exact) mass is 516 g/mol. The Kier molecular flexibility index (Phi) is 7.20. The van der Waals surface area contributed by atoms with Gasteiger partial charge in [0.25, 0.3) is 11.8 Å². The molecule has 5 rings (SSSR count). The fraction of sp³-hybridized carbons (Fsp3) is 0.310. The predicted octanol–water partition coefficient (Wildman–Crippen LogP) is 3.32. The van der Waals surface area contributed by atoms with E-state index in [1.807, 2.05) is 25.1 Å². The molecule has 1 aromatic heterocycles. The summed E-state index contributed by atoms with van der Waals surface area (Å²) in [5.74, 6) is -1.36. The minimum absolute atomic E-state index is 0.0499. The summed E-state index contributed by atoms with van der Waals surface area (Å²) in [6.07, 6.45) is 4.00. The van der Waals surface area contributed by atoms with E-state index in [4.69, 9.17) is 4.74 Å². The average Bonchev–Trinajstić information content (AvgIpc) is 3.30. The van der Waals surface area contributed by atoms with E-state index in [1.54, 1.807) is 46.5 Å². The Hall–Kier alpha value is -4.11. The number of pyridine rings is 1. The van der Waals surface area contributed by atoms with Crippen molar-refractivity contribution >= 4 is 17.7 Å². The van der Waals surface area contributed by atoms with Gasteiger partial charge < -0.3 is 15.0 Å². The van der Waals surface area contributed by atoms with Gasteiger partial charge in [-0.3, -0.25) is 24.3 Å². The molecular formula is C29H29FN4O4. The molecular weight excluding hydrogens is 487 g/mol. The van der Waals surface area contributed by atoms with Crippen LogP contribution in [0.5, 0.6) is 0 Å². The largest absolute Gasteiger partial charge is 0.353 e. The summed E-state index contributed by atoms with van der Waals surface area (Å²) in [6, 6.07) is 15.7. The zero-order valence-electron chi connectivity index (χ0n) is 21.1. The minimum atomic E-state index is -1.03. The van der Waals surface area contributed by atoms with Gasteiger partial charge in [-0.15, -0.1) is 0 Å². The van der Waals surface area contributed by atoms with E-state index in [1.165, 1.54) is 18.2 Å². The third kappa shape index (κ3) is 5.15. The van der Waals surface area contributed by atoms with Crippen molar-refractivity contribution in [3.63, 3.8) is 0 Å². The SMILES string of the molecule is Cc1cccc(C(=O)N2[C@@H](C(=O)NCc3cccnc3)COC23CCN(C(=O)c2cccc(F)c2)CC3)c1. The van der Waals surface area contributed by atoms with Crippen LogP contribution in [0, 0.1) is 12.7 Å². The van der Waals surface area contributed by atoms with Crippen LogP contribution in [0.2, 0.25) is 0 Å². The van der Waals surface area contributed by atoms with Crippen LogP contribution in [-0.4, -0.2) is 64.0 Å². The van der Waals surface area contributed by atoms with Crippen molar-refractivity contribution in [2.75, 3.05) is 19.7 Å². The van der Waals surface area contributed by atoms with E-state index in [2.05, 4.69) is 10.3 Å². The molecule has 3 aromatic rings. The molecule has 2 aliphatic rings. The molecule has 1 atom stereocenters. The number of nitrogens with zero attached hydrogens (tertiary/aromatic N) is 3. The molecule has 2 saturated heterocycles. The van der Waals surface area contributed by atoms with Gasteiger partial charge in [-0.25, -0.2) is 4.39 Å². The molecule has 3 amide bonds. The van der Waals surface area contributed by atoms with E-state index in [9.17, 15) is 18.8 Å². The van der Waals surface area contributed by atoms with Crippen molar-refractivity contribution in [3.05, 3.63) is 101 Å². The van der Waals surface area contributed by atoms with Crippen LogP contribution in [0.3, 0.4) is 0 Å². The molecule has 1 spiro atoms. The number of aryl methyl sites for hydroxylation is 1. The molecule has 2 fully saturated rings. The summed E-state index contributed by atoms with van der Waals surface area (Å²) >= 11 is 0. The lowest BCUT2D eigenvalue weighted by atomic mass is 9.95. The Morgan fingerprint density at radius 1 is 1.03 bits per heavy atom. The molecule has 9 heteroatoms. The number of rotatable bonds is 5. The van der Waals surface area contributed by atoms with Gasteiger partial charge in [0.2, 0.25) is 5.91 Å². The van der Waals surface area contributed by atoms with Crippen molar-refractivity contribution < 1.29 is 23.5 Å². The van der Waals surface area contributed by atoms with Gasteiger partial charge in [0, 0.05) is 56.0 Å². The first kappa shape index (κ1) is 25.5. The van der Waals surface area contributed by atoms with Gasteiger partial charge in [0.05, 0.1) is 6.61 Å². The van der Waals surface area contributed by atoms with Crippen LogP contribution in [0.25, 0.3) is 0 Å². The van der Waals surface area contributed by atoms with Crippen LogP contribution in [0.1, 0.15) is 44.7 Å². The number of hydrogen-bond acceptors (Lipinski definition) is 5. The maximum absolute atomic E-state index is 13.9. The number of nitrogens with one attached hydrogen (secondary N) is 1. The summed E-state index contributed by atoms with van der Waals surface area (Å²) in [5.41, 5.74) is 1.48. The second kappa shape index (κ2) is 10.7. The predicted molar refractivity (Wildman–Crippen MR) is 137 cm³/mol. The smallest absolute Gasteiger partial charge is 0.256 e. The van der Waals surface area contributed by atoms with Gasteiger partial charge in [0.15, 0.2) is 0 Å². The van der Waals surface area contributed by atoms with E-state index < -0.39 is 17.6 Å². The molecule has 1 N–H and O–H groups in total. The highest BCUT2D eigenvalue weighted by atomic mass is 19.1. The number of carbonyl (C=O) groups is 3. The second-order valence-electron chi connectivity index (χ2n) is 9.70. The summed E-state index contributed by atoms with van der Waals surface area (Å²) in [7, 11) is 0. The molecule has 38 heavy (non-hydrogen) atoms. The van der Waals surface area contributed by atoms with Gasteiger partial charge in [-0.05, 0) is 48.9 Å². The Labute approximate surface area is 220 Å². The molecule has 0 radical (unpaired) electrons. The first-order chi connectivity index (χ1) is 18.4. The van der Waals surface area contributed by atoms with Crippen LogP contribution >= 0.6 is 0 Å². The lowest BCUT2D eigenvalue weighted by molar-refractivity contribution is -0.128. The molecule has 8 nitrogen and oxygen atoms in total. The third-order valence-electron chi connectivity index (χ3n) is 7.14. The van der Waals surface area contributed by atoms with Crippen molar-refractivity contribution in [2.45, 2.75) is 38.1 Å². The lowest BCUT2D eigenvalue weighted by Gasteiger charge is -2.44. The minimum Gasteiger partial charge on any atom is -0.353 e. The number of carbonyl (C=O) groups excluding carboxylic acids is 3. The fourth-order valence-corrected chi connectivity index (χ4v) is 5.16. The average molecular weight is 517 g/mol. The van der Waals surface area contributed by atoms with E-state index in [0.717, 1.165) is 11.1 Å². The van der Waals surface area contributed by atoms with Gasteiger partial charge in [-0.2, -0.15) is 0 Å². The van der Waals surface area contributed by atoms with Crippen molar-refractivity contribution in [2.24, 2.45) is 0 Å². The van der Waals surface area contributed by atoms with Crippen molar-refractivity contribution in [3.8, 4) is 0 Å². The number of piperidine rings is 1. The van der Waals surface area contributed by atoms with Crippen LogP contribution in [0.4, 0.5) is 4.39 Å². The quantitative estimate of drug-likeness (QED) is 0.562. The zero-order valence-corrected chi connectivity index (χ0v) is 21.1. The van der Waals surface area contributed by atoms with Crippen molar-refractivity contribution in [1.29, 1.82) is 0 Å². The molecule has 3 heterocycles. The summed E-state index contributed by atoms with van der Waals surface area (Å²) in [5, 5.41) is 2.91. The number of hydrogen-bond donors (Lipinski definition) is 1. The number of likely N-dealkylation sites (tertiary alicyclic amines) is 1. The van der Waals surface area contributed by atoms with Crippen LogP contribution in [0.15, 0.2) is 73.1 Å². The zero-order chi connectivity index (χ0) is 26.7. The maximum atomic E-state index is 13.9. The third-order valence-corrected chi connectivity index (χ3v) is 7.14. The summed E-state index contributed by atoms with van der Waals surface area (Å²) < 4.78 is 19.9. The lowest BCUT2D eigenvalue weighted by Crippen LogP contribution is -2.59. The van der Waals surface area contributed by atoms with E-state index in [0.29, 0.717) is 31.5 Å². The molecule has 2 aromatic carbocycles. The highest BCUT2D eigenvalue weighted by molar-refractivity contribution is 5.99. The van der Waals surface area contributed by atoms with Crippen LogP contribution < -0.4 is 5.32 Å². The Bertz CT molecular complexity index is 1340. The van der Waals surface area contributed by atoms with Crippen molar-refractivity contribution in [1.82, 2.24) is 20.1 Å². The highest BCUT2D eigenvalue weighted by Crippen LogP contribution is 2.39. The normalized spacial score (nSPS) is 18.4. The van der Waals surface area contributed by atoms with E-state index in [-0.39, 0.29) is 36.4 Å². The van der Waals surface area contributed by atoms with Crippen LogP contribution in [-0.2, 0) is 16.1 Å². The molecule has 0 saturated carbocycles. The van der Waals surface area contributed by atoms with Gasteiger partial charge in [0.1, 0.15) is 17.6 Å². The number of aromatic nitrogens is 1. The topological polar surface area (TPSA) is 91.8 Å². The van der Waals surface area contributed by atoms with Gasteiger partial charge in [-0.1, -0.05) is 29.8 Å². The first-order valence-electron chi connectivity index (χ1n) is 12.6. The molecule has 2 aliphatic heterocycles. The number of halogens is 1. The first-order valence-corrected chi connectivity index (χ1v) is 12.6. The maximum Gasteiger partial charge on any atom is 0.256 e. The number of ether oxygens (including phenoxy) is 1. The Balaban J connectivity index is 1.37. The fourth-order valence-electron chi connectivity index (χ4n) is 5.16. The summed E-state index contributed by atoms with van der Waals surface area (Å²) in [4.78, 5) is 47.5. The second-order valence-corrected chi connectivity index (χ2v) is 9.70. The highest BCUT2D eigenvalue weighted by Gasteiger charge is 2.54. The standard InChI is InChI=1S/C29H29FN4O4/c1-20-5-2-7-22(15-20)28(37)34-25(26(35)32-18-21-6-4-12-31-17-21)19-38-29(34)10-13-33(14-11-29)27(36)23-8-3-9-24(30)16-23/h2-9,12,15-17,25H,10-11,13-14,18-19H2,1H3,(H,32,35)/t25-/m1/s1. The molecule has 0 bridgehead atoms. The number of benzene rings is 2. The molecule has 0 aliphatic carbocycles. The van der Waals surface area contributed by atoms with Gasteiger partial charge >= 0.3 is 0 Å².